The van der Waals surface area contributed by atoms with Gasteiger partial charge in [-0.25, -0.2) is 4.98 Å². The van der Waals surface area contributed by atoms with Gasteiger partial charge in [-0.15, -0.1) is 11.3 Å². The molecule has 0 saturated heterocycles. The van der Waals surface area contributed by atoms with E-state index in [9.17, 15) is 4.79 Å². The molecule has 0 bridgehead atoms. The third-order valence-electron chi connectivity index (χ3n) is 4.40. The quantitative estimate of drug-likeness (QED) is 0.912. The van der Waals surface area contributed by atoms with Crippen LogP contribution in [-0.2, 0) is 11.2 Å². The number of hydrogen-bond acceptors (Lipinski definition) is 6. The van der Waals surface area contributed by atoms with Crippen molar-refractivity contribution in [3.05, 3.63) is 26.7 Å². The predicted molar refractivity (Wildman–Crippen MR) is 94.6 cm³/mol. The van der Waals surface area contributed by atoms with Crippen molar-refractivity contribution >= 4 is 34.2 Å². The molecule has 0 aromatic carbocycles. The van der Waals surface area contributed by atoms with Crippen molar-refractivity contribution in [1.29, 1.82) is 0 Å². The lowest BCUT2D eigenvalue weighted by Gasteiger charge is -2.26. The number of rotatable bonds is 3. The summed E-state index contributed by atoms with van der Waals surface area (Å²) in [4.78, 5) is 25.2. The van der Waals surface area contributed by atoms with Crippen LogP contribution in [-0.4, -0.2) is 34.0 Å². The van der Waals surface area contributed by atoms with Crippen molar-refractivity contribution < 1.29 is 4.79 Å². The Morgan fingerprint density at radius 3 is 3.30 bits per heavy atom. The maximum absolute atomic E-state index is 12.5. The first-order valence-electron chi connectivity index (χ1n) is 8.14. The average Bonchev–Trinajstić information content (AvgIpc) is 3.11. The van der Waals surface area contributed by atoms with Crippen molar-refractivity contribution in [1.82, 2.24) is 15.2 Å². The first-order chi connectivity index (χ1) is 11.2. The second kappa shape index (κ2) is 6.28. The van der Waals surface area contributed by atoms with Crippen LogP contribution in [0.4, 0.5) is 0 Å². The average molecular weight is 348 g/mol. The smallest absolute Gasteiger partial charge is 0.226 e. The van der Waals surface area contributed by atoms with Crippen molar-refractivity contribution in [3.8, 4) is 0 Å². The molecule has 0 radical (unpaired) electrons. The Morgan fingerprint density at radius 2 is 2.39 bits per heavy atom. The molecule has 1 aromatic rings. The molecule has 5 nitrogen and oxygen atoms in total. The van der Waals surface area contributed by atoms with Crippen LogP contribution in [0.15, 0.2) is 16.1 Å². The van der Waals surface area contributed by atoms with Crippen molar-refractivity contribution in [2.24, 2.45) is 4.99 Å². The number of aliphatic imine (C=N–C) groups is 1. The molecule has 0 saturated carbocycles. The summed E-state index contributed by atoms with van der Waals surface area (Å²) in [6, 6.07) is 0.0837. The van der Waals surface area contributed by atoms with E-state index in [0.29, 0.717) is 6.42 Å². The number of nitrogens with zero attached hydrogens (tertiary/aromatic N) is 3. The minimum Gasteiger partial charge on any atom is -0.347 e. The zero-order chi connectivity index (χ0) is 15.8. The third kappa shape index (κ3) is 3.04. The number of fused-ring (bicyclic) bond motifs is 2. The van der Waals surface area contributed by atoms with Crippen LogP contribution >= 0.6 is 23.1 Å². The number of aryl methyl sites for hydroxylation is 2. The van der Waals surface area contributed by atoms with Gasteiger partial charge < -0.3 is 10.2 Å². The first kappa shape index (κ1) is 15.2. The predicted octanol–water partition coefficient (Wildman–Crippen LogP) is 2.99. The van der Waals surface area contributed by atoms with Crippen LogP contribution in [0.3, 0.4) is 0 Å². The lowest BCUT2D eigenvalue weighted by atomic mass is 9.97. The van der Waals surface area contributed by atoms with E-state index < -0.39 is 0 Å². The van der Waals surface area contributed by atoms with Gasteiger partial charge in [-0.2, -0.15) is 0 Å². The normalized spacial score (nSPS) is 23.0. The van der Waals surface area contributed by atoms with Crippen LogP contribution in [0, 0.1) is 6.92 Å². The van der Waals surface area contributed by atoms with E-state index in [1.54, 1.807) is 23.1 Å². The highest BCUT2D eigenvalue weighted by Crippen LogP contribution is 2.34. The monoisotopic (exact) mass is 348 g/mol. The second-order valence-corrected chi connectivity index (χ2v) is 8.25. The van der Waals surface area contributed by atoms with Gasteiger partial charge in [0.05, 0.1) is 23.2 Å². The number of amidine groups is 1. The highest BCUT2D eigenvalue weighted by Gasteiger charge is 2.29. The van der Waals surface area contributed by atoms with E-state index in [2.05, 4.69) is 25.6 Å². The van der Waals surface area contributed by atoms with Gasteiger partial charge in [0.25, 0.3) is 0 Å². The third-order valence-corrected chi connectivity index (χ3v) is 6.40. The molecular formula is C16H20N4OS2. The lowest BCUT2D eigenvalue weighted by Crippen LogP contribution is -2.35. The number of carbonyl (C=O) groups is 1. The van der Waals surface area contributed by atoms with Gasteiger partial charge in [0.1, 0.15) is 0 Å². The standard InChI is InChI=1S/C16H20N4OS2/c1-10-18-15-12(4-2-5-13(15)23-10)19-14(21)8-11-9-22-16-17-6-3-7-20(11)16/h9,12H,2-8H2,1H3,(H,19,21)/t12-/m0/s1. The SMILES string of the molecule is Cc1nc2c(s1)CCC[C@@H]2NC(=O)CC1=CSC2=NCCCN12. The molecule has 3 aliphatic rings. The van der Waals surface area contributed by atoms with E-state index in [4.69, 9.17) is 0 Å². The minimum absolute atomic E-state index is 0.0837. The summed E-state index contributed by atoms with van der Waals surface area (Å²) in [5, 5.41) is 7.42. The molecule has 3 heterocycles. The van der Waals surface area contributed by atoms with Gasteiger partial charge in [0, 0.05) is 23.7 Å². The van der Waals surface area contributed by atoms with Gasteiger partial charge >= 0.3 is 0 Å². The Balaban J connectivity index is 1.41. The largest absolute Gasteiger partial charge is 0.347 e. The number of hydrogen-bond donors (Lipinski definition) is 1. The molecule has 0 spiro atoms. The number of thioether (sulfide) groups is 1. The van der Waals surface area contributed by atoms with E-state index >= 15 is 0 Å². The van der Waals surface area contributed by atoms with Gasteiger partial charge in [-0.05, 0) is 38.0 Å². The summed E-state index contributed by atoms with van der Waals surface area (Å²) in [6.07, 6.45) is 4.71. The molecule has 1 aromatic heterocycles. The van der Waals surface area contributed by atoms with Crippen molar-refractivity contribution in [3.63, 3.8) is 0 Å². The molecule has 1 N–H and O–H groups in total. The number of amides is 1. The van der Waals surface area contributed by atoms with Crippen molar-refractivity contribution in [2.75, 3.05) is 13.1 Å². The van der Waals surface area contributed by atoms with Crippen molar-refractivity contribution in [2.45, 2.75) is 45.1 Å². The highest BCUT2D eigenvalue weighted by molar-refractivity contribution is 8.16. The lowest BCUT2D eigenvalue weighted by molar-refractivity contribution is -0.121. The number of aromatic nitrogens is 1. The fourth-order valence-electron chi connectivity index (χ4n) is 3.36. The van der Waals surface area contributed by atoms with E-state index in [1.165, 1.54) is 4.88 Å². The molecule has 23 heavy (non-hydrogen) atoms. The first-order valence-corrected chi connectivity index (χ1v) is 9.83. The molecule has 1 aliphatic carbocycles. The molecule has 0 unspecified atom stereocenters. The maximum Gasteiger partial charge on any atom is 0.226 e. The summed E-state index contributed by atoms with van der Waals surface area (Å²) >= 11 is 3.41. The molecular weight excluding hydrogens is 328 g/mol. The van der Waals surface area contributed by atoms with Crippen LogP contribution in [0.2, 0.25) is 0 Å². The van der Waals surface area contributed by atoms with Gasteiger partial charge in [0.15, 0.2) is 5.17 Å². The molecule has 1 amide bonds. The Kier molecular flexibility index (Phi) is 4.15. The number of thiazole rings is 1. The second-order valence-electron chi connectivity index (χ2n) is 6.13. The summed E-state index contributed by atoms with van der Waals surface area (Å²) in [6.45, 7) is 3.92. The number of carbonyl (C=O) groups excluding carboxylic acids is 1. The molecule has 1 atom stereocenters. The molecule has 2 aliphatic heterocycles. The fourth-order valence-corrected chi connectivity index (χ4v) is 5.36. The Morgan fingerprint density at radius 1 is 1.48 bits per heavy atom. The van der Waals surface area contributed by atoms with Crippen LogP contribution in [0.1, 0.15) is 47.3 Å². The maximum atomic E-state index is 12.5. The highest BCUT2D eigenvalue weighted by atomic mass is 32.2. The summed E-state index contributed by atoms with van der Waals surface area (Å²) < 4.78 is 0. The minimum atomic E-state index is 0.0837. The van der Waals surface area contributed by atoms with Crippen LogP contribution in [0.5, 0.6) is 0 Å². The molecule has 4 rings (SSSR count). The van der Waals surface area contributed by atoms with E-state index in [0.717, 1.165) is 60.3 Å². The molecule has 122 valence electrons. The van der Waals surface area contributed by atoms with E-state index in [1.807, 2.05) is 6.92 Å². The summed E-state index contributed by atoms with van der Waals surface area (Å²) in [7, 11) is 0. The van der Waals surface area contributed by atoms with Gasteiger partial charge in [0.2, 0.25) is 5.91 Å². The molecule has 0 fully saturated rings. The zero-order valence-corrected chi connectivity index (χ0v) is 14.8. The topological polar surface area (TPSA) is 57.6 Å². The Bertz CT molecular complexity index is 694. The fraction of sp³-hybridized carbons (Fsp3) is 0.562. The zero-order valence-electron chi connectivity index (χ0n) is 13.2. The Labute approximate surface area is 144 Å². The summed E-state index contributed by atoms with van der Waals surface area (Å²) in [5.41, 5.74) is 2.18. The van der Waals surface area contributed by atoms with Gasteiger partial charge in [-0.3, -0.25) is 9.79 Å². The van der Waals surface area contributed by atoms with Crippen LogP contribution < -0.4 is 5.32 Å². The van der Waals surface area contributed by atoms with Crippen LogP contribution in [0.25, 0.3) is 0 Å². The summed E-state index contributed by atoms with van der Waals surface area (Å²) in [5.74, 6) is 0.0900. The van der Waals surface area contributed by atoms with E-state index in [-0.39, 0.29) is 11.9 Å². The Hall–Kier alpha value is -1.34. The van der Waals surface area contributed by atoms with Gasteiger partial charge in [-0.1, -0.05) is 11.8 Å². The molecule has 7 heteroatoms. The number of nitrogens with one attached hydrogen (secondary N) is 1.